The summed E-state index contributed by atoms with van der Waals surface area (Å²) in [4.78, 5) is 19.4. The van der Waals surface area contributed by atoms with Crippen LogP contribution in [0.3, 0.4) is 0 Å². The van der Waals surface area contributed by atoms with Crippen molar-refractivity contribution in [1.82, 2.24) is 24.9 Å². The average Bonchev–Trinajstić information content (AvgIpc) is 3.27. The van der Waals surface area contributed by atoms with E-state index in [1.54, 1.807) is 6.92 Å². The van der Waals surface area contributed by atoms with Crippen molar-refractivity contribution in [3.8, 4) is 6.07 Å². The molecular formula is C30H39N7O. The van der Waals surface area contributed by atoms with Gasteiger partial charge in [0.2, 0.25) is 5.91 Å². The van der Waals surface area contributed by atoms with Gasteiger partial charge in [-0.2, -0.15) is 10.4 Å². The number of aromatic nitrogens is 2. The summed E-state index contributed by atoms with van der Waals surface area (Å²) >= 11 is 0. The monoisotopic (exact) mass is 513 g/mol. The van der Waals surface area contributed by atoms with Gasteiger partial charge in [-0.1, -0.05) is 0 Å². The number of anilines is 2. The van der Waals surface area contributed by atoms with Crippen LogP contribution in [0.1, 0.15) is 67.5 Å². The Morgan fingerprint density at radius 1 is 1.16 bits per heavy atom. The number of hydrogen-bond donors (Lipinski definition) is 1. The summed E-state index contributed by atoms with van der Waals surface area (Å²) in [5.41, 5.74) is 6.31. The number of nitrogens with one attached hydrogen (secondary N) is 1. The molecule has 1 amide bonds. The van der Waals surface area contributed by atoms with Crippen LogP contribution in [0.4, 0.5) is 11.5 Å². The van der Waals surface area contributed by atoms with E-state index in [1.807, 2.05) is 17.0 Å². The number of fused-ring (bicyclic) bond motifs is 2. The van der Waals surface area contributed by atoms with Gasteiger partial charge in [-0.25, -0.2) is 0 Å². The highest BCUT2D eigenvalue weighted by molar-refractivity contribution is 5.75. The summed E-state index contributed by atoms with van der Waals surface area (Å²) in [7, 11) is 0. The van der Waals surface area contributed by atoms with Crippen LogP contribution < -0.4 is 10.2 Å². The van der Waals surface area contributed by atoms with Crippen LogP contribution in [0.15, 0.2) is 18.2 Å². The number of nitrogens with zero attached hydrogens (tertiary/aromatic N) is 6. The van der Waals surface area contributed by atoms with Crippen molar-refractivity contribution < 1.29 is 4.79 Å². The number of benzene rings is 1. The van der Waals surface area contributed by atoms with Gasteiger partial charge in [-0.3, -0.25) is 9.48 Å². The van der Waals surface area contributed by atoms with Gasteiger partial charge < -0.3 is 20.0 Å². The summed E-state index contributed by atoms with van der Waals surface area (Å²) in [6, 6.07) is 8.76. The Morgan fingerprint density at radius 2 is 1.97 bits per heavy atom. The Balaban J connectivity index is 1.13. The van der Waals surface area contributed by atoms with Crippen molar-refractivity contribution in [2.75, 3.05) is 50.7 Å². The molecule has 200 valence electrons. The van der Waals surface area contributed by atoms with E-state index in [2.05, 4.69) is 31.9 Å². The van der Waals surface area contributed by atoms with Gasteiger partial charge in [0.25, 0.3) is 0 Å². The topological polar surface area (TPSA) is 80.4 Å². The second kappa shape index (κ2) is 9.39. The molecule has 8 nitrogen and oxygen atoms in total. The molecule has 8 heteroatoms. The standard InChI is InChI=1S/C30H39N7O/c1-21(38)35-12-8-28-26(18-35)29(36-9-2-3-24-13-22(16-31)4-5-27(24)36)33-37(28)25-6-10-34(11-7-25)17-23-14-30(15-23)19-32-20-30/h4-5,13,23,25,32H,2-3,6-12,14-15,17-20H2,1H3. The van der Waals surface area contributed by atoms with Crippen LogP contribution in [0.25, 0.3) is 0 Å². The molecule has 5 aliphatic rings. The van der Waals surface area contributed by atoms with E-state index < -0.39 is 0 Å². The zero-order valence-electron chi connectivity index (χ0n) is 22.6. The summed E-state index contributed by atoms with van der Waals surface area (Å²) in [6.45, 7) is 10.0. The largest absolute Gasteiger partial charge is 0.338 e. The summed E-state index contributed by atoms with van der Waals surface area (Å²) in [6.07, 6.45) is 8.01. The molecule has 1 N–H and O–H groups in total. The van der Waals surface area contributed by atoms with E-state index in [9.17, 15) is 10.1 Å². The maximum absolute atomic E-state index is 12.3. The molecule has 5 heterocycles. The third kappa shape index (κ3) is 4.11. The number of aryl methyl sites for hydroxylation is 1. The number of likely N-dealkylation sites (tertiary alicyclic amines) is 1. The van der Waals surface area contributed by atoms with E-state index >= 15 is 0 Å². The van der Waals surface area contributed by atoms with Crippen molar-refractivity contribution in [1.29, 1.82) is 5.26 Å². The van der Waals surface area contributed by atoms with Crippen molar-refractivity contribution in [2.45, 2.75) is 64.5 Å². The molecule has 38 heavy (non-hydrogen) atoms. The van der Waals surface area contributed by atoms with Crippen molar-refractivity contribution in [3.63, 3.8) is 0 Å². The fourth-order valence-corrected chi connectivity index (χ4v) is 7.88. The minimum Gasteiger partial charge on any atom is -0.338 e. The smallest absolute Gasteiger partial charge is 0.219 e. The predicted octanol–water partition coefficient (Wildman–Crippen LogP) is 3.38. The molecule has 0 radical (unpaired) electrons. The van der Waals surface area contributed by atoms with E-state index in [0.29, 0.717) is 23.6 Å². The van der Waals surface area contributed by atoms with Gasteiger partial charge in [-0.15, -0.1) is 0 Å². The lowest BCUT2D eigenvalue weighted by molar-refractivity contribution is -0.129. The average molecular weight is 514 g/mol. The predicted molar refractivity (Wildman–Crippen MR) is 146 cm³/mol. The number of hydrogen-bond acceptors (Lipinski definition) is 6. The normalized spacial score (nSPS) is 23.4. The highest BCUT2D eigenvalue weighted by atomic mass is 16.2. The molecule has 2 saturated heterocycles. The van der Waals surface area contributed by atoms with Crippen molar-refractivity contribution in [2.24, 2.45) is 11.3 Å². The van der Waals surface area contributed by atoms with E-state index in [1.165, 1.54) is 49.3 Å². The van der Waals surface area contributed by atoms with E-state index in [0.717, 1.165) is 75.7 Å². The Morgan fingerprint density at radius 3 is 2.68 bits per heavy atom. The SMILES string of the molecule is CC(=O)N1CCc2c(c(N3CCCc4cc(C#N)ccc43)nn2C2CCN(CC3CC4(CNC4)C3)CC2)C1. The first-order valence-corrected chi connectivity index (χ1v) is 14.6. The Hall–Kier alpha value is -2.89. The van der Waals surface area contributed by atoms with Crippen molar-refractivity contribution >= 4 is 17.4 Å². The summed E-state index contributed by atoms with van der Waals surface area (Å²) in [5.74, 6) is 2.04. The highest BCUT2D eigenvalue weighted by Crippen LogP contribution is 2.49. The van der Waals surface area contributed by atoms with E-state index in [-0.39, 0.29) is 5.91 Å². The minimum atomic E-state index is 0.135. The first-order chi connectivity index (χ1) is 18.5. The minimum absolute atomic E-state index is 0.135. The van der Waals surface area contributed by atoms with Gasteiger partial charge in [-0.05, 0) is 73.6 Å². The maximum Gasteiger partial charge on any atom is 0.219 e. The number of carbonyl (C=O) groups is 1. The van der Waals surface area contributed by atoms with Gasteiger partial charge in [0, 0.05) is 76.1 Å². The molecular weight excluding hydrogens is 474 g/mol. The lowest BCUT2D eigenvalue weighted by atomic mass is 9.58. The molecule has 4 aliphatic heterocycles. The second-order valence-electron chi connectivity index (χ2n) is 12.5. The summed E-state index contributed by atoms with van der Waals surface area (Å²) in [5, 5.41) is 18.2. The number of amides is 1. The molecule has 0 unspecified atom stereocenters. The maximum atomic E-state index is 12.3. The van der Waals surface area contributed by atoms with Crippen LogP contribution in [0, 0.1) is 22.7 Å². The Labute approximate surface area is 225 Å². The van der Waals surface area contributed by atoms with Crippen molar-refractivity contribution in [3.05, 3.63) is 40.6 Å². The number of nitriles is 1. The summed E-state index contributed by atoms with van der Waals surface area (Å²) < 4.78 is 2.36. The van der Waals surface area contributed by atoms with Crippen LogP contribution >= 0.6 is 0 Å². The Kier molecular flexibility index (Phi) is 5.97. The van der Waals surface area contributed by atoms with Crippen LogP contribution in [0.2, 0.25) is 0 Å². The van der Waals surface area contributed by atoms with E-state index in [4.69, 9.17) is 5.10 Å². The molecule has 1 aromatic carbocycles. The molecule has 1 saturated carbocycles. The molecule has 0 bridgehead atoms. The lowest BCUT2D eigenvalue weighted by Gasteiger charge is -2.55. The Bertz CT molecular complexity index is 1270. The highest BCUT2D eigenvalue weighted by Gasteiger charge is 2.48. The first kappa shape index (κ1) is 24.2. The molecule has 3 fully saturated rings. The van der Waals surface area contributed by atoms with Crippen LogP contribution in [-0.2, 0) is 24.2 Å². The number of piperidine rings is 1. The molecule has 0 atom stereocenters. The molecule has 1 spiro atoms. The van der Waals surface area contributed by atoms with Crippen LogP contribution in [-0.4, -0.2) is 71.3 Å². The quantitative estimate of drug-likeness (QED) is 0.675. The number of rotatable bonds is 4. The third-order valence-electron chi connectivity index (χ3n) is 9.96. The van der Waals surface area contributed by atoms with Gasteiger partial charge >= 0.3 is 0 Å². The molecule has 2 aromatic rings. The molecule has 1 aliphatic carbocycles. The fraction of sp³-hybridized carbons (Fsp3) is 0.633. The lowest BCUT2D eigenvalue weighted by Crippen LogP contribution is -2.61. The van der Waals surface area contributed by atoms with Gasteiger partial charge in [0.05, 0.1) is 24.2 Å². The van der Waals surface area contributed by atoms with Gasteiger partial charge in [0.1, 0.15) is 0 Å². The first-order valence-electron chi connectivity index (χ1n) is 14.6. The molecule has 1 aromatic heterocycles. The van der Waals surface area contributed by atoms with Gasteiger partial charge in [0.15, 0.2) is 5.82 Å². The fourth-order valence-electron chi connectivity index (χ4n) is 7.88. The molecule has 7 rings (SSSR count). The third-order valence-corrected chi connectivity index (χ3v) is 9.96. The zero-order chi connectivity index (χ0) is 25.9. The second-order valence-corrected chi connectivity index (χ2v) is 12.5. The number of carbonyl (C=O) groups excluding carboxylic acids is 1. The van der Waals surface area contributed by atoms with Crippen LogP contribution in [0.5, 0.6) is 0 Å². The zero-order valence-corrected chi connectivity index (χ0v) is 22.6.